The number of hydrogen-bond acceptors (Lipinski definition) is 13. The topological polar surface area (TPSA) is 350 Å². The van der Waals surface area contributed by atoms with Crippen LogP contribution in [0.2, 0.25) is 0 Å². The Hall–Kier alpha value is -5.93. The summed E-state index contributed by atoms with van der Waals surface area (Å²) >= 11 is 1.42. The zero-order valence-electron chi connectivity index (χ0n) is 31.2. The van der Waals surface area contributed by atoms with Crippen LogP contribution in [0.25, 0.3) is 0 Å². The van der Waals surface area contributed by atoms with Gasteiger partial charge in [-0.15, -0.1) is 0 Å². The standard InChI is InChI=1S/C36H49N7O13S/c1-18(44)30(43-31(50)23(37)13-14-57-2)35(54)42-27(17-29(48)49)34(53)41-26(16-20-5-9-22(46)10-6-20)33(52)40-25(15-19-3-7-21(45)8-4-19)32(51)39-24(36(55)56)11-12-28(38)47/h3-10,18,23-27,30,44-46H,11-17,37H2,1-2H3,(H2,38,47)(H,39,51)(H,40,52)(H,41,53)(H,42,54)(H,43,50)(H,48,49)(H,55,56)/t18-,23+,24+,25+,26+,27+,30+/m1/s1. The van der Waals surface area contributed by atoms with E-state index in [0.29, 0.717) is 16.9 Å². The van der Waals surface area contributed by atoms with Crippen LogP contribution in [0.3, 0.4) is 0 Å². The number of rotatable bonds is 24. The Bertz CT molecular complexity index is 1730. The molecule has 0 heterocycles. The molecule has 2 rings (SSSR count). The molecule has 0 aliphatic heterocycles. The molecular weight excluding hydrogens is 770 g/mol. The first-order valence-corrected chi connectivity index (χ1v) is 18.9. The fourth-order valence-electron chi connectivity index (χ4n) is 5.20. The van der Waals surface area contributed by atoms with E-state index in [9.17, 15) is 63.9 Å². The van der Waals surface area contributed by atoms with E-state index < -0.39 is 103 Å². The van der Waals surface area contributed by atoms with Crippen LogP contribution in [0.5, 0.6) is 11.5 Å². The summed E-state index contributed by atoms with van der Waals surface area (Å²) in [6.45, 7) is 1.17. The Morgan fingerprint density at radius 2 is 1.09 bits per heavy atom. The lowest BCUT2D eigenvalue weighted by Crippen LogP contribution is -2.61. The van der Waals surface area contributed by atoms with Gasteiger partial charge >= 0.3 is 11.9 Å². The fraction of sp³-hybridized carbons (Fsp3) is 0.444. The second kappa shape index (κ2) is 23.2. The number of thioether (sulfide) groups is 1. The van der Waals surface area contributed by atoms with E-state index in [0.717, 1.165) is 0 Å². The van der Waals surface area contributed by atoms with Crippen LogP contribution < -0.4 is 38.1 Å². The molecule has 0 bridgehead atoms. The van der Waals surface area contributed by atoms with E-state index in [1.807, 2.05) is 0 Å². The van der Waals surface area contributed by atoms with E-state index in [4.69, 9.17) is 11.5 Å². The lowest BCUT2D eigenvalue weighted by molar-refractivity contribution is -0.142. The number of aliphatic hydroxyl groups excluding tert-OH is 1. The minimum atomic E-state index is -1.88. The molecule has 2 aromatic rings. The minimum absolute atomic E-state index is 0.113. The fourth-order valence-corrected chi connectivity index (χ4v) is 5.69. The number of nitrogens with one attached hydrogen (secondary N) is 5. The number of hydrogen-bond donors (Lipinski definition) is 12. The van der Waals surface area contributed by atoms with Crippen molar-refractivity contribution < 1.29 is 63.9 Å². The van der Waals surface area contributed by atoms with Gasteiger partial charge in [-0.2, -0.15) is 11.8 Å². The Labute approximate surface area is 331 Å². The van der Waals surface area contributed by atoms with Crippen molar-refractivity contribution in [2.24, 2.45) is 11.5 Å². The highest BCUT2D eigenvalue weighted by atomic mass is 32.2. The molecule has 2 aromatic carbocycles. The molecule has 312 valence electrons. The molecule has 14 N–H and O–H groups in total. The SMILES string of the molecule is CSCC[C@H](N)C(=O)N[C@H](C(=O)N[C@@H](CC(=O)O)C(=O)N[C@@H](Cc1ccc(O)cc1)C(=O)N[C@@H](Cc1ccc(O)cc1)C(=O)N[C@@H](CCC(N)=O)C(=O)O)[C@@H](C)O. The lowest BCUT2D eigenvalue weighted by Gasteiger charge is -2.27. The van der Waals surface area contributed by atoms with Crippen molar-refractivity contribution >= 4 is 59.1 Å². The summed E-state index contributed by atoms with van der Waals surface area (Å²) in [6.07, 6.45) is -1.88. The van der Waals surface area contributed by atoms with E-state index in [2.05, 4.69) is 26.6 Å². The molecule has 7 atom stereocenters. The van der Waals surface area contributed by atoms with Crippen LogP contribution in [0.4, 0.5) is 0 Å². The zero-order chi connectivity index (χ0) is 42.8. The van der Waals surface area contributed by atoms with Gasteiger partial charge in [-0.05, 0) is 67.2 Å². The summed E-state index contributed by atoms with van der Waals surface area (Å²) in [5.74, 6) is -8.80. The molecule has 0 radical (unpaired) electrons. The summed E-state index contributed by atoms with van der Waals surface area (Å²) in [4.78, 5) is 102. The van der Waals surface area contributed by atoms with Gasteiger partial charge in [0.25, 0.3) is 0 Å². The molecule has 20 nitrogen and oxygen atoms in total. The third-order valence-electron chi connectivity index (χ3n) is 8.36. The van der Waals surface area contributed by atoms with Crippen LogP contribution in [0, 0.1) is 0 Å². The normalized spacial score (nSPS) is 14.6. The van der Waals surface area contributed by atoms with Gasteiger partial charge < -0.3 is 63.6 Å². The molecule has 0 aliphatic rings. The average Bonchev–Trinajstić information content (AvgIpc) is 3.14. The maximum atomic E-state index is 14.0. The molecular formula is C36H49N7O13S. The third-order valence-corrected chi connectivity index (χ3v) is 9.00. The minimum Gasteiger partial charge on any atom is -0.508 e. The Morgan fingerprint density at radius 1 is 0.649 bits per heavy atom. The molecule has 57 heavy (non-hydrogen) atoms. The Balaban J connectivity index is 2.46. The third kappa shape index (κ3) is 16.8. The number of amides is 6. The van der Waals surface area contributed by atoms with Gasteiger partial charge in [-0.25, -0.2) is 4.79 Å². The maximum absolute atomic E-state index is 14.0. The number of primary amides is 1. The Kier molecular flexibility index (Phi) is 19.2. The monoisotopic (exact) mass is 819 g/mol. The van der Waals surface area contributed by atoms with Gasteiger partial charge in [-0.3, -0.25) is 33.6 Å². The summed E-state index contributed by atoms with van der Waals surface area (Å²) < 4.78 is 0. The summed E-state index contributed by atoms with van der Waals surface area (Å²) in [7, 11) is 0. The van der Waals surface area contributed by atoms with Gasteiger partial charge in [-0.1, -0.05) is 24.3 Å². The number of carbonyl (C=O) groups excluding carboxylic acids is 6. The molecule has 0 fully saturated rings. The second-order valence-electron chi connectivity index (χ2n) is 13.0. The van der Waals surface area contributed by atoms with Crippen LogP contribution in [0.15, 0.2) is 48.5 Å². The van der Waals surface area contributed by atoms with Crippen molar-refractivity contribution in [2.75, 3.05) is 12.0 Å². The number of aromatic hydroxyl groups is 2. The maximum Gasteiger partial charge on any atom is 0.326 e. The first-order valence-electron chi connectivity index (χ1n) is 17.5. The largest absolute Gasteiger partial charge is 0.508 e. The molecule has 0 spiro atoms. The van der Waals surface area contributed by atoms with Crippen molar-refractivity contribution in [3.8, 4) is 11.5 Å². The molecule has 0 saturated carbocycles. The van der Waals surface area contributed by atoms with Crippen LogP contribution in [0.1, 0.15) is 43.7 Å². The van der Waals surface area contributed by atoms with Crippen molar-refractivity contribution in [3.05, 3.63) is 59.7 Å². The van der Waals surface area contributed by atoms with Gasteiger partial charge in [0.2, 0.25) is 35.4 Å². The van der Waals surface area contributed by atoms with Crippen LogP contribution >= 0.6 is 11.8 Å². The number of nitrogens with two attached hydrogens (primary N) is 2. The predicted octanol–water partition coefficient (Wildman–Crippen LogP) is -2.41. The molecule has 0 aromatic heterocycles. The summed E-state index contributed by atoms with van der Waals surface area (Å²) in [5.41, 5.74) is 11.8. The van der Waals surface area contributed by atoms with Crippen molar-refractivity contribution in [1.82, 2.24) is 26.6 Å². The van der Waals surface area contributed by atoms with Gasteiger partial charge in [0.15, 0.2) is 0 Å². The number of aliphatic carboxylic acids is 2. The number of phenolic OH excluding ortho intramolecular Hbond substituents is 2. The lowest BCUT2D eigenvalue weighted by atomic mass is 10.0. The Morgan fingerprint density at radius 3 is 1.49 bits per heavy atom. The van der Waals surface area contributed by atoms with Crippen molar-refractivity contribution in [2.45, 2.75) is 87.8 Å². The number of aliphatic hydroxyl groups is 1. The molecule has 0 saturated heterocycles. The molecule has 0 aliphatic carbocycles. The second-order valence-corrected chi connectivity index (χ2v) is 14.0. The first-order chi connectivity index (χ1) is 26.8. The number of benzene rings is 2. The summed E-state index contributed by atoms with van der Waals surface area (Å²) in [6, 6.07) is 1.51. The molecule has 0 unspecified atom stereocenters. The van der Waals surface area contributed by atoms with E-state index in [1.165, 1.54) is 67.2 Å². The summed E-state index contributed by atoms with van der Waals surface area (Å²) in [5, 5.41) is 60.7. The van der Waals surface area contributed by atoms with Crippen molar-refractivity contribution in [3.63, 3.8) is 0 Å². The highest BCUT2D eigenvalue weighted by molar-refractivity contribution is 7.98. The number of phenols is 2. The molecule has 21 heteroatoms. The van der Waals surface area contributed by atoms with E-state index in [-0.39, 0.29) is 37.2 Å². The first kappa shape index (κ1) is 47.2. The zero-order valence-corrected chi connectivity index (χ0v) is 32.0. The van der Waals surface area contributed by atoms with Crippen molar-refractivity contribution in [1.29, 1.82) is 0 Å². The average molecular weight is 820 g/mol. The number of carboxylic acid groups (broad SMARTS) is 2. The van der Waals surface area contributed by atoms with Crippen LogP contribution in [-0.2, 0) is 51.2 Å². The quantitative estimate of drug-likeness (QED) is 0.0525. The van der Waals surface area contributed by atoms with Gasteiger partial charge in [0, 0.05) is 19.3 Å². The number of carboxylic acids is 2. The van der Waals surface area contributed by atoms with E-state index in [1.54, 1.807) is 6.26 Å². The predicted molar refractivity (Wildman–Crippen MR) is 204 cm³/mol. The van der Waals surface area contributed by atoms with E-state index >= 15 is 0 Å². The highest BCUT2D eigenvalue weighted by Crippen LogP contribution is 2.15. The van der Waals surface area contributed by atoms with Crippen LogP contribution in [-0.4, -0.2) is 127 Å². The highest BCUT2D eigenvalue weighted by Gasteiger charge is 2.35. The van der Waals surface area contributed by atoms with Gasteiger partial charge in [0.05, 0.1) is 18.6 Å². The molecule has 6 amide bonds. The van der Waals surface area contributed by atoms with Gasteiger partial charge in [0.1, 0.15) is 41.7 Å². The number of carbonyl (C=O) groups is 8. The smallest absolute Gasteiger partial charge is 0.326 e.